The lowest BCUT2D eigenvalue weighted by Gasteiger charge is -2.40. The summed E-state index contributed by atoms with van der Waals surface area (Å²) in [7, 11) is 0. The number of hydrogen-bond donors (Lipinski definition) is 1. The summed E-state index contributed by atoms with van der Waals surface area (Å²) in [4.78, 5) is 28.6. The van der Waals surface area contributed by atoms with E-state index in [0.29, 0.717) is 24.8 Å². The van der Waals surface area contributed by atoms with E-state index in [-0.39, 0.29) is 5.91 Å². The second-order valence-corrected chi connectivity index (χ2v) is 8.98. The SMILES string of the molecule is O=C(O)C1Cc2ccccc2N1C(=O)CCN1CCC2(CCc3ccccc32)CC1. The monoisotopic (exact) mass is 404 g/mol. The number of carbonyl (C=O) groups excluding carboxylic acids is 1. The normalized spacial score (nSPS) is 22.1. The summed E-state index contributed by atoms with van der Waals surface area (Å²) in [6.07, 6.45) is 5.46. The molecule has 1 amide bonds. The maximum atomic E-state index is 13.0. The minimum atomic E-state index is -0.931. The van der Waals surface area contributed by atoms with E-state index in [1.54, 1.807) is 5.56 Å². The Bertz CT molecular complexity index is 978. The summed E-state index contributed by atoms with van der Waals surface area (Å²) >= 11 is 0. The molecule has 156 valence electrons. The number of hydrogen-bond acceptors (Lipinski definition) is 3. The molecule has 5 heteroatoms. The Morgan fingerprint density at radius 1 is 0.967 bits per heavy atom. The zero-order chi connectivity index (χ0) is 20.7. The highest BCUT2D eigenvalue weighted by Gasteiger charge is 2.41. The van der Waals surface area contributed by atoms with Crippen LogP contribution in [0.1, 0.15) is 42.4 Å². The van der Waals surface area contributed by atoms with E-state index in [9.17, 15) is 14.7 Å². The zero-order valence-electron chi connectivity index (χ0n) is 17.2. The fourth-order valence-electron chi connectivity index (χ4n) is 5.75. The first kappa shape index (κ1) is 19.3. The first-order chi connectivity index (χ1) is 14.6. The van der Waals surface area contributed by atoms with Crippen molar-refractivity contribution in [1.82, 2.24) is 4.90 Å². The minimum Gasteiger partial charge on any atom is -0.480 e. The number of amides is 1. The topological polar surface area (TPSA) is 60.9 Å². The first-order valence-corrected chi connectivity index (χ1v) is 11.0. The van der Waals surface area contributed by atoms with Gasteiger partial charge in [-0.3, -0.25) is 9.69 Å². The van der Waals surface area contributed by atoms with Crippen LogP contribution in [0.25, 0.3) is 0 Å². The van der Waals surface area contributed by atoms with Crippen LogP contribution in [-0.2, 0) is 27.8 Å². The molecule has 1 atom stereocenters. The van der Waals surface area contributed by atoms with Gasteiger partial charge in [0.15, 0.2) is 0 Å². The molecule has 3 aliphatic rings. The molecule has 5 nitrogen and oxygen atoms in total. The lowest BCUT2D eigenvalue weighted by atomic mass is 9.74. The number of aryl methyl sites for hydroxylation is 1. The molecular formula is C25H28N2O3. The van der Waals surface area contributed by atoms with Crippen molar-refractivity contribution in [3.63, 3.8) is 0 Å². The molecule has 2 heterocycles. The second-order valence-electron chi connectivity index (χ2n) is 8.98. The molecule has 1 fully saturated rings. The Balaban J connectivity index is 1.21. The summed E-state index contributed by atoms with van der Waals surface area (Å²) in [5, 5.41) is 9.62. The van der Waals surface area contributed by atoms with Crippen LogP contribution in [0.15, 0.2) is 48.5 Å². The van der Waals surface area contributed by atoms with E-state index in [1.807, 2.05) is 24.3 Å². The number of carbonyl (C=O) groups is 2. The summed E-state index contributed by atoms with van der Waals surface area (Å²) < 4.78 is 0. The molecule has 0 aromatic heterocycles. The smallest absolute Gasteiger partial charge is 0.327 e. The summed E-state index contributed by atoms with van der Waals surface area (Å²) in [6.45, 7) is 2.70. The molecule has 0 radical (unpaired) electrons. The number of aliphatic carboxylic acids is 1. The van der Waals surface area contributed by atoms with Crippen LogP contribution >= 0.6 is 0 Å². The van der Waals surface area contributed by atoms with Crippen molar-refractivity contribution < 1.29 is 14.7 Å². The molecule has 1 unspecified atom stereocenters. The van der Waals surface area contributed by atoms with Gasteiger partial charge >= 0.3 is 5.97 Å². The minimum absolute atomic E-state index is 0.0844. The molecule has 5 rings (SSSR count). The van der Waals surface area contributed by atoms with Gasteiger partial charge in [0.2, 0.25) is 5.91 Å². The van der Waals surface area contributed by atoms with Gasteiger partial charge in [-0.15, -0.1) is 0 Å². The van der Waals surface area contributed by atoms with Gasteiger partial charge in [-0.25, -0.2) is 4.79 Å². The molecule has 1 spiro atoms. The highest BCUT2D eigenvalue weighted by Crippen LogP contribution is 2.46. The third kappa shape index (κ3) is 3.21. The van der Waals surface area contributed by atoms with E-state index in [2.05, 4.69) is 29.2 Å². The van der Waals surface area contributed by atoms with Crippen molar-refractivity contribution >= 4 is 17.6 Å². The van der Waals surface area contributed by atoms with Gasteiger partial charge in [-0.05, 0) is 66.9 Å². The Labute approximate surface area is 177 Å². The van der Waals surface area contributed by atoms with Crippen molar-refractivity contribution in [2.45, 2.75) is 50.0 Å². The maximum Gasteiger partial charge on any atom is 0.327 e. The van der Waals surface area contributed by atoms with Crippen LogP contribution in [0.3, 0.4) is 0 Å². The van der Waals surface area contributed by atoms with Crippen LogP contribution < -0.4 is 4.90 Å². The van der Waals surface area contributed by atoms with E-state index >= 15 is 0 Å². The zero-order valence-corrected chi connectivity index (χ0v) is 17.2. The predicted molar refractivity (Wildman–Crippen MR) is 116 cm³/mol. The number of carboxylic acid groups (broad SMARTS) is 1. The summed E-state index contributed by atoms with van der Waals surface area (Å²) in [5.41, 5.74) is 5.07. The maximum absolute atomic E-state index is 13.0. The third-order valence-electron chi connectivity index (χ3n) is 7.45. The molecule has 0 saturated carbocycles. The molecule has 1 saturated heterocycles. The fraction of sp³-hybridized carbons (Fsp3) is 0.440. The Morgan fingerprint density at radius 3 is 2.43 bits per heavy atom. The van der Waals surface area contributed by atoms with Crippen molar-refractivity contribution in [3.8, 4) is 0 Å². The van der Waals surface area contributed by atoms with E-state index < -0.39 is 12.0 Å². The van der Waals surface area contributed by atoms with Crippen molar-refractivity contribution in [2.75, 3.05) is 24.5 Å². The van der Waals surface area contributed by atoms with Crippen molar-refractivity contribution in [2.24, 2.45) is 0 Å². The number of piperidine rings is 1. The quantitative estimate of drug-likeness (QED) is 0.849. The molecule has 1 N–H and O–H groups in total. The number of fused-ring (bicyclic) bond motifs is 3. The number of anilines is 1. The van der Waals surface area contributed by atoms with E-state index in [0.717, 1.165) is 37.2 Å². The van der Waals surface area contributed by atoms with Crippen LogP contribution in [0.4, 0.5) is 5.69 Å². The Kier molecular flexibility index (Phi) is 4.86. The molecule has 0 bridgehead atoms. The lowest BCUT2D eigenvalue weighted by molar-refractivity contribution is -0.139. The fourth-order valence-corrected chi connectivity index (χ4v) is 5.75. The van der Waals surface area contributed by atoms with Crippen molar-refractivity contribution in [3.05, 3.63) is 65.2 Å². The van der Waals surface area contributed by atoms with Gasteiger partial charge in [0, 0.05) is 25.1 Å². The highest BCUT2D eigenvalue weighted by molar-refractivity contribution is 6.01. The van der Waals surface area contributed by atoms with Crippen molar-refractivity contribution in [1.29, 1.82) is 0 Å². The number of likely N-dealkylation sites (tertiary alicyclic amines) is 1. The third-order valence-corrected chi connectivity index (χ3v) is 7.45. The average molecular weight is 405 g/mol. The molecule has 2 aromatic rings. The number of rotatable bonds is 4. The molecule has 30 heavy (non-hydrogen) atoms. The van der Waals surface area contributed by atoms with Gasteiger partial charge in [-0.2, -0.15) is 0 Å². The van der Waals surface area contributed by atoms with Gasteiger partial charge < -0.3 is 10.0 Å². The predicted octanol–water partition coefficient (Wildman–Crippen LogP) is 3.40. The standard InChI is InChI=1S/C25H28N2O3/c28-23(27-21-8-4-2-6-19(21)17-22(27)24(29)30)10-14-26-15-12-25(13-16-26)11-9-18-5-1-3-7-20(18)25/h1-8,22H,9-17H2,(H,29,30). The number of nitrogens with zero attached hydrogens (tertiary/aromatic N) is 2. The van der Waals surface area contributed by atoms with Gasteiger partial charge in [0.1, 0.15) is 6.04 Å². The first-order valence-electron chi connectivity index (χ1n) is 11.0. The van der Waals surface area contributed by atoms with E-state index in [4.69, 9.17) is 0 Å². The largest absolute Gasteiger partial charge is 0.480 e. The molecule has 2 aromatic carbocycles. The summed E-state index contributed by atoms with van der Waals surface area (Å²) in [5.74, 6) is -1.02. The van der Waals surface area contributed by atoms with Crippen LogP contribution in [-0.4, -0.2) is 47.6 Å². The van der Waals surface area contributed by atoms with E-state index in [1.165, 1.54) is 23.3 Å². The number of para-hydroxylation sites is 1. The second kappa shape index (κ2) is 7.55. The van der Waals surface area contributed by atoms with Gasteiger partial charge in [-0.1, -0.05) is 42.5 Å². The van der Waals surface area contributed by atoms with Crippen LogP contribution in [0.5, 0.6) is 0 Å². The molecular weight excluding hydrogens is 376 g/mol. The van der Waals surface area contributed by atoms with Crippen LogP contribution in [0, 0.1) is 0 Å². The lowest BCUT2D eigenvalue weighted by Crippen LogP contribution is -2.46. The molecule has 2 aliphatic heterocycles. The Morgan fingerprint density at radius 2 is 1.67 bits per heavy atom. The average Bonchev–Trinajstić information content (AvgIpc) is 3.33. The molecule has 1 aliphatic carbocycles. The highest BCUT2D eigenvalue weighted by atomic mass is 16.4. The van der Waals surface area contributed by atoms with Gasteiger partial charge in [0.25, 0.3) is 0 Å². The summed E-state index contributed by atoms with van der Waals surface area (Å²) in [6, 6.07) is 15.6. The number of carboxylic acids is 1. The Hall–Kier alpha value is -2.66. The number of benzene rings is 2. The van der Waals surface area contributed by atoms with Gasteiger partial charge in [0.05, 0.1) is 0 Å². The van der Waals surface area contributed by atoms with Crippen LogP contribution in [0.2, 0.25) is 0 Å².